The Kier molecular flexibility index (Phi) is 4.11. The first-order valence-corrected chi connectivity index (χ1v) is 7.45. The number of fused-ring (bicyclic) bond motifs is 1. The zero-order valence-electron chi connectivity index (χ0n) is 12.6. The number of benzene rings is 2. The number of methoxy groups -OCH3 is 1. The van der Waals surface area contributed by atoms with Crippen LogP contribution in [0.2, 0.25) is 0 Å². The summed E-state index contributed by atoms with van der Waals surface area (Å²) < 4.78 is 11.1. The van der Waals surface area contributed by atoms with E-state index in [2.05, 4.69) is 35.6 Å². The molecule has 0 aromatic heterocycles. The molecule has 110 valence electrons. The third-order valence-electron chi connectivity index (χ3n) is 3.93. The maximum atomic E-state index is 5.61. The summed E-state index contributed by atoms with van der Waals surface area (Å²) in [6, 6.07) is 14.8. The Labute approximate surface area is 125 Å². The van der Waals surface area contributed by atoms with Crippen molar-refractivity contribution in [2.45, 2.75) is 19.4 Å². The van der Waals surface area contributed by atoms with Gasteiger partial charge >= 0.3 is 0 Å². The first-order chi connectivity index (χ1) is 10.3. The van der Waals surface area contributed by atoms with Gasteiger partial charge in [-0.25, -0.2) is 0 Å². The van der Waals surface area contributed by atoms with Gasteiger partial charge in [0.15, 0.2) is 0 Å². The molecule has 1 aliphatic rings. The molecule has 2 aromatic rings. The fraction of sp³-hybridized carbons (Fsp3) is 0.333. The van der Waals surface area contributed by atoms with Crippen LogP contribution in [0.4, 0.5) is 0 Å². The minimum atomic E-state index is 0.181. The lowest BCUT2D eigenvalue weighted by Gasteiger charge is -2.28. The molecule has 0 bridgehead atoms. The molecule has 3 heteroatoms. The molecular formula is C18H21NO2. The van der Waals surface area contributed by atoms with Crippen LogP contribution in [0.5, 0.6) is 11.5 Å². The fourth-order valence-electron chi connectivity index (χ4n) is 2.98. The van der Waals surface area contributed by atoms with E-state index in [4.69, 9.17) is 9.47 Å². The highest BCUT2D eigenvalue weighted by atomic mass is 16.5. The molecule has 1 N–H and O–H groups in total. The Balaban J connectivity index is 2.00. The van der Waals surface area contributed by atoms with Crippen molar-refractivity contribution in [3.05, 3.63) is 59.2 Å². The number of rotatable bonds is 4. The van der Waals surface area contributed by atoms with Gasteiger partial charge in [0, 0.05) is 12.1 Å². The number of hydrogen-bond donors (Lipinski definition) is 1. The van der Waals surface area contributed by atoms with Gasteiger partial charge in [0.05, 0.1) is 19.8 Å². The van der Waals surface area contributed by atoms with E-state index in [1.807, 2.05) is 19.1 Å². The van der Waals surface area contributed by atoms with Crippen molar-refractivity contribution in [2.24, 2.45) is 0 Å². The maximum absolute atomic E-state index is 5.61. The van der Waals surface area contributed by atoms with E-state index in [1.165, 1.54) is 16.7 Å². The van der Waals surface area contributed by atoms with Crippen molar-refractivity contribution in [3.63, 3.8) is 0 Å². The second-order valence-electron chi connectivity index (χ2n) is 5.17. The van der Waals surface area contributed by atoms with Gasteiger partial charge in [-0.15, -0.1) is 0 Å². The van der Waals surface area contributed by atoms with Gasteiger partial charge in [0.25, 0.3) is 0 Å². The van der Waals surface area contributed by atoms with Crippen LogP contribution in [0, 0.1) is 0 Å². The molecule has 3 rings (SSSR count). The lowest BCUT2D eigenvalue weighted by atomic mass is 9.89. The van der Waals surface area contributed by atoms with Gasteiger partial charge in [-0.2, -0.15) is 0 Å². The van der Waals surface area contributed by atoms with E-state index in [1.54, 1.807) is 7.11 Å². The van der Waals surface area contributed by atoms with Crippen LogP contribution >= 0.6 is 0 Å². The van der Waals surface area contributed by atoms with Crippen molar-refractivity contribution >= 4 is 0 Å². The second kappa shape index (κ2) is 6.19. The SMILES string of the molecule is CCOc1ccc2c(c1)CCNC2c1ccccc1OC. The van der Waals surface area contributed by atoms with Crippen molar-refractivity contribution in [2.75, 3.05) is 20.3 Å². The predicted octanol–water partition coefficient (Wildman–Crippen LogP) is 3.33. The van der Waals surface area contributed by atoms with Gasteiger partial charge in [-0.05, 0) is 42.7 Å². The minimum absolute atomic E-state index is 0.181. The van der Waals surface area contributed by atoms with E-state index in [-0.39, 0.29) is 6.04 Å². The van der Waals surface area contributed by atoms with Crippen molar-refractivity contribution in [1.82, 2.24) is 5.32 Å². The Morgan fingerprint density at radius 3 is 2.81 bits per heavy atom. The van der Waals surface area contributed by atoms with E-state index in [0.29, 0.717) is 6.61 Å². The quantitative estimate of drug-likeness (QED) is 0.933. The lowest BCUT2D eigenvalue weighted by molar-refractivity contribution is 0.339. The van der Waals surface area contributed by atoms with Gasteiger partial charge in [-0.3, -0.25) is 0 Å². The van der Waals surface area contributed by atoms with E-state index < -0.39 is 0 Å². The highest BCUT2D eigenvalue weighted by Gasteiger charge is 2.23. The highest BCUT2D eigenvalue weighted by Crippen LogP contribution is 2.35. The summed E-state index contributed by atoms with van der Waals surface area (Å²) in [5.41, 5.74) is 3.86. The molecule has 0 fully saturated rings. The molecule has 1 unspecified atom stereocenters. The molecular weight excluding hydrogens is 262 g/mol. The molecule has 0 aliphatic carbocycles. The fourth-order valence-corrected chi connectivity index (χ4v) is 2.98. The summed E-state index contributed by atoms with van der Waals surface area (Å²) in [6.07, 6.45) is 1.03. The van der Waals surface area contributed by atoms with Crippen molar-refractivity contribution in [3.8, 4) is 11.5 Å². The molecule has 0 radical (unpaired) electrons. The predicted molar refractivity (Wildman–Crippen MR) is 84.2 cm³/mol. The third-order valence-corrected chi connectivity index (χ3v) is 3.93. The maximum Gasteiger partial charge on any atom is 0.123 e. The number of hydrogen-bond acceptors (Lipinski definition) is 3. The topological polar surface area (TPSA) is 30.5 Å². The molecule has 21 heavy (non-hydrogen) atoms. The van der Waals surface area contributed by atoms with E-state index in [9.17, 15) is 0 Å². The zero-order chi connectivity index (χ0) is 14.7. The van der Waals surface area contributed by atoms with Gasteiger partial charge in [0.1, 0.15) is 11.5 Å². The second-order valence-corrected chi connectivity index (χ2v) is 5.17. The van der Waals surface area contributed by atoms with Gasteiger partial charge < -0.3 is 14.8 Å². The molecule has 1 heterocycles. The van der Waals surface area contributed by atoms with Gasteiger partial charge in [-0.1, -0.05) is 24.3 Å². The molecule has 0 saturated carbocycles. The summed E-state index contributed by atoms with van der Waals surface area (Å²) in [5, 5.41) is 3.60. The third kappa shape index (κ3) is 2.74. The summed E-state index contributed by atoms with van der Waals surface area (Å²) in [5.74, 6) is 1.88. The van der Waals surface area contributed by atoms with E-state index in [0.717, 1.165) is 24.5 Å². The average molecular weight is 283 g/mol. The molecule has 2 aromatic carbocycles. The summed E-state index contributed by atoms with van der Waals surface area (Å²) in [4.78, 5) is 0. The molecule has 0 amide bonds. The Morgan fingerprint density at radius 2 is 2.00 bits per heavy atom. The van der Waals surface area contributed by atoms with E-state index >= 15 is 0 Å². The minimum Gasteiger partial charge on any atom is -0.496 e. The van der Waals surface area contributed by atoms with Crippen LogP contribution in [0.25, 0.3) is 0 Å². The summed E-state index contributed by atoms with van der Waals surface area (Å²) in [7, 11) is 1.72. The van der Waals surface area contributed by atoms with Crippen LogP contribution in [-0.2, 0) is 6.42 Å². The summed E-state index contributed by atoms with van der Waals surface area (Å²) >= 11 is 0. The Morgan fingerprint density at radius 1 is 1.14 bits per heavy atom. The largest absolute Gasteiger partial charge is 0.496 e. The zero-order valence-corrected chi connectivity index (χ0v) is 12.6. The van der Waals surface area contributed by atoms with Crippen molar-refractivity contribution in [1.29, 1.82) is 0 Å². The molecule has 1 aliphatic heterocycles. The van der Waals surface area contributed by atoms with Crippen LogP contribution in [0.1, 0.15) is 29.7 Å². The number of ether oxygens (including phenoxy) is 2. The van der Waals surface area contributed by atoms with Gasteiger partial charge in [0.2, 0.25) is 0 Å². The Hall–Kier alpha value is -2.00. The summed E-state index contributed by atoms with van der Waals surface area (Å²) in [6.45, 7) is 3.68. The number of nitrogens with one attached hydrogen (secondary N) is 1. The lowest BCUT2D eigenvalue weighted by Crippen LogP contribution is -2.30. The normalized spacial score (nSPS) is 17.1. The Bertz CT molecular complexity index is 624. The number of para-hydroxylation sites is 1. The van der Waals surface area contributed by atoms with Crippen LogP contribution < -0.4 is 14.8 Å². The first-order valence-electron chi connectivity index (χ1n) is 7.45. The standard InChI is InChI=1S/C18H21NO2/c1-3-21-14-8-9-15-13(12-14)10-11-19-18(15)16-6-4-5-7-17(16)20-2/h4-9,12,18-19H,3,10-11H2,1-2H3. The average Bonchev–Trinajstić information content (AvgIpc) is 2.54. The van der Waals surface area contributed by atoms with Crippen LogP contribution in [-0.4, -0.2) is 20.3 Å². The smallest absolute Gasteiger partial charge is 0.123 e. The monoisotopic (exact) mass is 283 g/mol. The first kappa shape index (κ1) is 14.0. The molecule has 1 atom stereocenters. The van der Waals surface area contributed by atoms with Crippen LogP contribution in [0.3, 0.4) is 0 Å². The molecule has 0 saturated heterocycles. The van der Waals surface area contributed by atoms with Crippen molar-refractivity contribution < 1.29 is 9.47 Å². The van der Waals surface area contributed by atoms with Crippen LogP contribution in [0.15, 0.2) is 42.5 Å². The molecule has 3 nitrogen and oxygen atoms in total. The highest BCUT2D eigenvalue weighted by molar-refractivity contribution is 5.47. The molecule has 0 spiro atoms.